The maximum atomic E-state index is 11.3. The number of ketones is 1. The van der Waals surface area contributed by atoms with E-state index in [2.05, 4.69) is 6.92 Å². The zero-order valence-electron chi connectivity index (χ0n) is 16.2. The van der Waals surface area contributed by atoms with Crippen LogP contribution in [0.15, 0.2) is 0 Å². The third kappa shape index (κ3) is 19.2. The Kier molecular flexibility index (Phi) is 17.8. The van der Waals surface area contributed by atoms with E-state index in [-0.39, 0.29) is 18.2 Å². The van der Waals surface area contributed by atoms with Crippen molar-refractivity contribution in [2.75, 3.05) is 6.61 Å². The van der Waals surface area contributed by atoms with Gasteiger partial charge in [-0.1, -0.05) is 90.4 Å². The quantitative estimate of drug-likeness (QED) is 0.215. The first-order chi connectivity index (χ1) is 11.7. The van der Waals surface area contributed by atoms with E-state index in [0.29, 0.717) is 13.0 Å². The van der Waals surface area contributed by atoms with Crippen LogP contribution in [-0.4, -0.2) is 18.4 Å². The number of ether oxygens (including phenoxy) is 1. The lowest BCUT2D eigenvalue weighted by atomic mass is 10.0. The van der Waals surface area contributed by atoms with Crippen LogP contribution in [0.4, 0.5) is 0 Å². The third-order valence-electron chi connectivity index (χ3n) is 4.44. The summed E-state index contributed by atoms with van der Waals surface area (Å²) in [5.41, 5.74) is 0. The molecule has 0 rings (SSSR count). The summed E-state index contributed by atoms with van der Waals surface area (Å²) in [7, 11) is 0. The molecule has 0 amide bonds. The van der Waals surface area contributed by atoms with Crippen molar-refractivity contribution in [2.24, 2.45) is 0 Å². The SMILES string of the molecule is CCCCCCCCCCCCCCCCOC(=O)CCC(C)=O. The van der Waals surface area contributed by atoms with Crippen molar-refractivity contribution in [2.45, 2.75) is 117 Å². The van der Waals surface area contributed by atoms with Crippen molar-refractivity contribution < 1.29 is 14.3 Å². The molecular formula is C21H40O3. The maximum absolute atomic E-state index is 11.3. The van der Waals surface area contributed by atoms with Gasteiger partial charge in [0.05, 0.1) is 13.0 Å². The van der Waals surface area contributed by atoms with Crippen molar-refractivity contribution in [3.05, 3.63) is 0 Å². The van der Waals surface area contributed by atoms with E-state index in [9.17, 15) is 9.59 Å². The van der Waals surface area contributed by atoms with Crippen LogP contribution < -0.4 is 0 Å². The zero-order chi connectivity index (χ0) is 17.9. The molecule has 0 aromatic heterocycles. The van der Waals surface area contributed by atoms with Gasteiger partial charge >= 0.3 is 5.97 Å². The molecule has 142 valence electrons. The van der Waals surface area contributed by atoms with E-state index in [4.69, 9.17) is 4.74 Å². The molecular weight excluding hydrogens is 300 g/mol. The van der Waals surface area contributed by atoms with E-state index in [1.165, 1.54) is 84.0 Å². The summed E-state index contributed by atoms with van der Waals surface area (Å²) in [4.78, 5) is 22.1. The highest BCUT2D eigenvalue weighted by atomic mass is 16.5. The highest BCUT2D eigenvalue weighted by molar-refractivity contribution is 5.80. The fourth-order valence-corrected chi connectivity index (χ4v) is 2.83. The summed E-state index contributed by atoms with van der Waals surface area (Å²) < 4.78 is 5.11. The van der Waals surface area contributed by atoms with Crippen molar-refractivity contribution in [3.8, 4) is 0 Å². The van der Waals surface area contributed by atoms with Crippen molar-refractivity contribution in [3.63, 3.8) is 0 Å². The smallest absolute Gasteiger partial charge is 0.306 e. The Morgan fingerprint density at radius 2 is 1.04 bits per heavy atom. The average molecular weight is 341 g/mol. The van der Waals surface area contributed by atoms with Crippen LogP contribution in [0.3, 0.4) is 0 Å². The summed E-state index contributed by atoms with van der Waals surface area (Å²) in [5.74, 6) is -0.191. The average Bonchev–Trinajstić information content (AvgIpc) is 2.56. The summed E-state index contributed by atoms with van der Waals surface area (Å²) in [6.45, 7) is 4.28. The number of unbranched alkanes of at least 4 members (excludes halogenated alkanes) is 13. The molecule has 0 saturated heterocycles. The Labute approximate surface area is 149 Å². The molecule has 0 heterocycles. The van der Waals surface area contributed by atoms with Gasteiger partial charge in [0.2, 0.25) is 0 Å². The molecule has 0 fully saturated rings. The minimum Gasteiger partial charge on any atom is -0.466 e. The lowest BCUT2D eigenvalue weighted by Gasteiger charge is -2.05. The van der Waals surface area contributed by atoms with Gasteiger partial charge in [0.15, 0.2) is 0 Å². The van der Waals surface area contributed by atoms with Gasteiger partial charge in [-0.2, -0.15) is 0 Å². The van der Waals surface area contributed by atoms with E-state index in [1.54, 1.807) is 0 Å². The Morgan fingerprint density at radius 3 is 1.46 bits per heavy atom. The van der Waals surface area contributed by atoms with Crippen molar-refractivity contribution in [1.82, 2.24) is 0 Å². The predicted octanol–water partition coefficient (Wildman–Crippen LogP) is 6.38. The molecule has 0 aromatic rings. The molecule has 0 atom stereocenters. The normalized spacial score (nSPS) is 10.8. The first-order valence-corrected chi connectivity index (χ1v) is 10.3. The number of hydrogen-bond donors (Lipinski definition) is 0. The minimum atomic E-state index is -0.236. The molecule has 3 heteroatoms. The molecule has 0 aliphatic carbocycles. The molecule has 0 unspecified atom stereocenters. The van der Waals surface area contributed by atoms with Crippen molar-refractivity contribution >= 4 is 11.8 Å². The molecule has 0 bridgehead atoms. The maximum Gasteiger partial charge on any atom is 0.306 e. The number of hydrogen-bond acceptors (Lipinski definition) is 3. The van der Waals surface area contributed by atoms with Gasteiger partial charge < -0.3 is 9.53 Å². The first-order valence-electron chi connectivity index (χ1n) is 10.3. The van der Waals surface area contributed by atoms with Crippen molar-refractivity contribution in [1.29, 1.82) is 0 Å². The third-order valence-corrected chi connectivity index (χ3v) is 4.44. The Morgan fingerprint density at radius 1 is 0.625 bits per heavy atom. The Balaban J connectivity index is 3.10. The highest BCUT2D eigenvalue weighted by Gasteiger charge is 2.04. The molecule has 0 spiro atoms. The van der Waals surface area contributed by atoms with Gasteiger partial charge in [0, 0.05) is 6.42 Å². The summed E-state index contributed by atoms with van der Waals surface area (Å²) in [6.07, 6.45) is 19.1. The molecule has 0 N–H and O–H groups in total. The summed E-state index contributed by atoms with van der Waals surface area (Å²) in [6, 6.07) is 0. The van der Waals surface area contributed by atoms with Gasteiger partial charge in [0.25, 0.3) is 0 Å². The van der Waals surface area contributed by atoms with Crippen LogP contribution >= 0.6 is 0 Å². The van der Waals surface area contributed by atoms with Gasteiger partial charge in [-0.3, -0.25) is 4.79 Å². The minimum absolute atomic E-state index is 0.0449. The molecule has 0 saturated carbocycles. The number of carbonyl (C=O) groups is 2. The van der Waals surface area contributed by atoms with Crippen LogP contribution in [-0.2, 0) is 14.3 Å². The number of Topliss-reactive ketones (excluding diaryl/α,β-unsaturated/α-hetero) is 1. The van der Waals surface area contributed by atoms with E-state index < -0.39 is 0 Å². The van der Waals surface area contributed by atoms with Gasteiger partial charge in [-0.25, -0.2) is 0 Å². The Bertz CT molecular complexity index is 299. The fourth-order valence-electron chi connectivity index (χ4n) is 2.83. The molecule has 0 aromatic carbocycles. The lowest BCUT2D eigenvalue weighted by molar-refractivity contribution is -0.144. The monoisotopic (exact) mass is 340 g/mol. The standard InChI is InChI=1S/C21H40O3/c1-3-4-5-6-7-8-9-10-11-12-13-14-15-16-19-24-21(23)18-17-20(2)22/h3-19H2,1-2H3. The fraction of sp³-hybridized carbons (Fsp3) is 0.905. The Hall–Kier alpha value is -0.860. The van der Waals surface area contributed by atoms with Gasteiger partial charge in [-0.05, 0) is 13.3 Å². The molecule has 0 aliphatic heterocycles. The number of carbonyl (C=O) groups excluding carboxylic acids is 2. The van der Waals surface area contributed by atoms with E-state index in [0.717, 1.165) is 12.8 Å². The second kappa shape index (κ2) is 18.5. The van der Waals surface area contributed by atoms with Crippen LogP contribution in [0, 0.1) is 0 Å². The van der Waals surface area contributed by atoms with Gasteiger partial charge in [0.1, 0.15) is 5.78 Å². The van der Waals surface area contributed by atoms with Crippen LogP contribution in [0.25, 0.3) is 0 Å². The largest absolute Gasteiger partial charge is 0.466 e. The number of esters is 1. The second-order valence-electron chi connectivity index (χ2n) is 7.02. The summed E-state index contributed by atoms with van der Waals surface area (Å²) >= 11 is 0. The molecule has 24 heavy (non-hydrogen) atoms. The zero-order valence-corrected chi connectivity index (χ0v) is 16.2. The number of rotatable bonds is 18. The highest BCUT2D eigenvalue weighted by Crippen LogP contribution is 2.13. The predicted molar refractivity (Wildman–Crippen MR) is 101 cm³/mol. The first kappa shape index (κ1) is 23.1. The topological polar surface area (TPSA) is 43.4 Å². The van der Waals surface area contributed by atoms with Gasteiger partial charge in [-0.15, -0.1) is 0 Å². The van der Waals surface area contributed by atoms with E-state index in [1.807, 2.05) is 0 Å². The second-order valence-corrected chi connectivity index (χ2v) is 7.02. The van der Waals surface area contributed by atoms with Crippen LogP contribution in [0.5, 0.6) is 0 Å². The molecule has 0 aliphatic rings. The lowest BCUT2D eigenvalue weighted by Crippen LogP contribution is -2.07. The summed E-state index contributed by atoms with van der Waals surface area (Å²) in [5, 5.41) is 0. The van der Waals surface area contributed by atoms with Crippen LogP contribution in [0.1, 0.15) is 117 Å². The van der Waals surface area contributed by atoms with Crippen LogP contribution in [0.2, 0.25) is 0 Å². The molecule has 0 radical (unpaired) electrons. The molecule has 3 nitrogen and oxygen atoms in total. The van der Waals surface area contributed by atoms with E-state index >= 15 is 0 Å².